The maximum Gasteiger partial charge on any atom is 0.407 e. The largest absolute Gasteiger partial charge is 0.444 e. The first kappa shape index (κ1) is 20.8. The number of hydrogen-bond donors (Lipinski definition) is 2. The molecule has 2 aromatic rings. The van der Waals surface area contributed by atoms with Crippen LogP contribution in [0.2, 0.25) is 0 Å². The maximum absolute atomic E-state index is 11.6. The molecule has 2 rings (SSSR count). The minimum Gasteiger partial charge on any atom is -0.444 e. The fourth-order valence-corrected chi connectivity index (χ4v) is 2.91. The van der Waals surface area contributed by atoms with E-state index in [1.165, 1.54) is 0 Å². The Bertz CT molecular complexity index is 885. The van der Waals surface area contributed by atoms with E-state index in [0.717, 1.165) is 17.4 Å². The number of carbonyl (C=O) groups excluding carboxylic acids is 1. The summed E-state index contributed by atoms with van der Waals surface area (Å²) in [7, 11) is -3.32. The minimum atomic E-state index is -3.32. The molecule has 0 aliphatic rings. The van der Waals surface area contributed by atoms with Crippen LogP contribution in [0, 0.1) is 0 Å². The number of carbonyl (C=O) groups is 1. The van der Waals surface area contributed by atoms with Gasteiger partial charge >= 0.3 is 6.09 Å². The van der Waals surface area contributed by atoms with Crippen molar-refractivity contribution in [2.45, 2.75) is 39.3 Å². The van der Waals surface area contributed by atoms with Gasteiger partial charge in [0, 0.05) is 30.5 Å². The van der Waals surface area contributed by atoms with E-state index in [1.807, 2.05) is 33.0 Å². The highest BCUT2D eigenvalue weighted by Crippen LogP contribution is 2.22. The number of ether oxygens (including phenoxy) is 1. The van der Waals surface area contributed by atoms with Crippen molar-refractivity contribution in [3.63, 3.8) is 0 Å². The second-order valence-electron chi connectivity index (χ2n) is 7.23. The lowest BCUT2D eigenvalue weighted by Crippen LogP contribution is -2.33. The molecule has 27 heavy (non-hydrogen) atoms. The predicted octanol–water partition coefficient (Wildman–Crippen LogP) is 2.84. The third-order valence-corrected chi connectivity index (χ3v) is 3.97. The molecule has 0 radical (unpaired) electrons. The molecule has 0 spiro atoms. The number of benzene rings is 1. The fraction of sp³-hybridized carbons (Fsp3) is 0.444. The van der Waals surface area contributed by atoms with E-state index >= 15 is 0 Å². The molecule has 0 unspecified atom stereocenters. The first-order chi connectivity index (χ1) is 12.5. The first-order valence-corrected chi connectivity index (χ1v) is 10.5. The number of aromatic nitrogens is 2. The van der Waals surface area contributed by atoms with Crippen molar-refractivity contribution in [1.82, 2.24) is 15.1 Å². The van der Waals surface area contributed by atoms with Gasteiger partial charge in [0.15, 0.2) is 0 Å². The van der Waals surface area contributed by atoms with Crippen molar-refractivity contribution in [3.05, 3.63) is 36.7 Å². The van der Waals surface area contributed by atoms with E-state index in [0.29, 0.717) is 25.2 Å². The number of hydrogen-bond acceptors (Lipinski definition) is 5. The van der Waals surface area contributed by atoms with Crippen LogP contribution in [0.15, 0.2) is 36.7 Å². The van der Waals surface area contributed by atoms with E-state index in [-0.39, 0.29) is 0 Å². The van der Waals surface area contributed by atoms with Crippen LogP contribution >= 0.6 is 0 Å². The lowest BCUT2D eigenvalue weighted by atomic mass is 10.1. The summed E-state index contributed by atoms with van der Waals surface area (Å²) in [6, 6.07) is 7.12. The summed E-state index contributed by atoms with van der Waals surface area (Å²) >= 11 is 0. The third-order valence-electron chi connectivity index (χ3n) is 3.36. The van der Waals surface area contributed by atoms with E-state index in [9.17, 15) is 13.2 Å². The van der Waals surface area contributed by atoms with Crippen LogP contribution in [-0.4, -0.2) is 42.7 Å². The van der Waals surface area contributed by atoms with Gasteiger partial charge in [-0.3, -0.25) is 9.40 Å². The zero-order chi connectivity index (χ0) is 20.1. The fourth-order valence-electron chi connectivity index (χ4n) is 2.36. The van der Waals surface area contributed by atoms with Gasteiger partial charge in [-0.15, -0.1) is 0 Å². The summed E-state index contributed by atoms with van der Waals surface area (Å²) in [5, 5.41) is 7.02. The number of amides is 1. The van der Waals surface area contributed by atoms with E-state index in [4.69, 9.17) is 4.74 Å². The highest BCUT2D eigenvalue weighted by molar-refractivity contribution is 7.92. The Balaban J connectivity index is 1.88. The number of sulfonamides is 1. The lowest BCUT2D eigenvalue weighted by molar-refractivity contribution is 0.0526. The molecule has 0 atom stereocenters. The van der Waals surface area contributed by atoms with Crippen LogP contribution in [0.3, 0.4) is 0 Å². The SMILES string of the molecule is CC(C)(C)OC(=O)NCCCn1cc(-c2cccc(NS(C)(=O)=O)c2)cn1. The second-order valence-corrected chi connectivity index (χ2v) is 8.98. The second kappa shape index (κ2) is 8.43. The number of rotatable bonds is 7. The number of nitrogens with zero attached hydrogens (tertiary/aromatic N) is 2. The van der Waals surface area contributed by atoms with Crippen molar-refractivity contribution in [2.75, 3.05) is 17.5 Å². The van der Waals surface area contributed by atoms with Crippen LogP contribution in [0.25, 0.3) is 11.1 Å². The molecule has 0 aliphatic heterocycles. The molecular weight excluding hydrogens is 368 g/mol. The molecule has 1 heterocycles. The summed E-state index contributed by atoms with van der Waals surface area (Å²) in [5.41, 5.74) is 1.74. The van der Waals surface area contributed by atoms with E-state index < -0.39 is 21.7 Å². The average Bonchev–Trinajstić information content (AvgIpc) is 2.97. The highest BCUT2D eigenvalue weighted by Gasteiger charge is 2.15. The molecule has 0 saturated carbocycles. The van der Waals surface area contributed by atoms with Crippen LogP contribution < -0.4 is 10.0 Å². The summed E-state index contributed by atoms with van der Waals surface area (Å²) in [4.78, 5) is 11.6. The molecule has 148 valence electrons. The lowest BCUT2D eigenvalue weighted by Gasteiger charge is -2.19. The molecule has 1 aromatic heterocycles. The number of alkyl carbamates (subject to hydrolysis) is 1. The molecule has 0 saturated heterocycles. The Kier molecular flexibility index (Phi) is 6.48. The van der Waals surface area contributed by atoms with Crippen molar-refractivity contribution < 1.29 is 17.9 Å². The van der Waals surface area contributed by atoms with Gasteiger partial charge in [0.1, 0.15) is 5.60 Å². The van der Waals surface area contributed by atoms with E-state index in [2.05, 4.69) is 15.1 Å². The standard InChI is InChI=1S/C18H26N4O4S/c1-18(2,3)26-17(23)19-9-6-10-22-13-15(12-20-22)14-7-5-8-16(11-14)21-27(4,24)25/h5,7-8,11-13,21H,6,9-10H2,1-4H3,(H,19,23). The van der Waals surface area contributed by atoms with Crippen LogP contribution in [0.5, 0.6) is 0 Å². The molecule has 0 fully saturated rings. The number of aryl methyl sites for hydroxylation is 1. The smallest absolute Gasteiger partial charge is 0.407 e. The Labute approximate surface area is 160 Å². The quantitative estimate of drug-likeness (QED) is 0.703. The van der Waals surface area contributed by atoms with E-state index in [1.54, 1.807) is 29.1 Å². The van der Waals surface area contributed by atoms with Crippen molar-refractivity contribution in [1.29, 1.82) is 0 Å². The normalized spacial score (nSPS) is 11.9. The van der Waals surface area contributed by atoms with Gasteiger partial charge in [-0.25, -0.2) is 13.2 Å². The Morgan fingerprint density at radius 1 is 1.26 bits per heavy atom. The Hall–Kier alpha value is -2.55. The zero-order valence-corrected chi connectivity index (χ0v) is 16.8. The molecule has 9 heteroatoms. The van der Waals surface area contributed by atoms with Gasteiger partial charge in [-0.05, 0) is 44.9 Å². The topological polar surface area (TPSA) is 102 Å². The average molecular weight is 394 g/mol. The van der Waals surface area contributed by atoms with Crippen molar-refractivity contribution in [3.8, 4) is 11.1 Å². The number of anilines is 1. The van der Waals surface area contributed by atoms with Gasteiger partial charge in [0.2, 0.25) is 10.0 Å². The Morgan fingerprint density at radius 2 is 2.00 bits per heavy atom. The van der Waals surface area contributed by atoms with Crippen LogP contribution in [0.4, 0.5) is 10.5 Å². The zero-order valence-electron chi connectivity index (χ0n) is 16.0. The third kappa shape index (κ3) is 7.69. The molecule has 2 N–H and O–H groups in total. The van der Waals surface area contributed by atoms with Gasteiger partial charge in [0.05, 0.1) is 12.5 Å². The van der Waals surface area contributed by atoms with Gasteiger partial charge in [-0.2, -0.15) is 5.10 Å². The van der Waals surface area contributed by atoms with Gasteiger partial charge in [0.25, 0.3) is 0 Å². The molecule has 0 aliphatic carbocycles. The van der Waals surface area contributed by atoms with Gasteiger partial charge in [-0.1, -0.05) is 12.1 Å². The molecular formula is C18H26N4O4S. The van der Waals surface area contributed by atoms with Gasteiger partial charge < -0.3 is 10.1 Å². The first-order valence-electron chi connectivity index (χ1n) is 8.59. The molecule has 8 nitrogen and oxygen atoms in total. The predicted molar refractivity (Wildman–Crippen MR) is 105 cm³/mol. The summed E-state index contributed by atoms with van der Waals surface area (Å²) in [6.45, 7) is 6.57. The molecule has 0 bridgehead atoms. The monoisotopic (exact) mass is 394 g/mol. The van der Waals surface area contributed by atoms with Crippen molar-refractivity contribution >= 4 is 21.8 Å². The van der Waals surface area contributed by atoms with Crippen LogP contribution in [0.1, 0.15) is 27.2 Å². The highest BCUT2D eigenvalue weighted by atomic mass is 32.2. The Morgan fingerprint density at radius 3 is 2.67 bits per heavy atom. The molecule has 1 amide bonds. The summed E-state index contributed by atoms with van der Waals surface area (Å²) in [6.07, 6.45) is 4.99. The van der Waals surface area contributed by atoms with Crippen molar-refractivity contribution in [2.24, 2.45) is 0 Å². The summed E-state index contributed by atoms with van der Waals surface area (Å²) in [5.74, 6) is 0. The van der Waals surface area contributed by atoms with Crippen LogP contribution in [-0.2, 0) is 21.3 Å². The minimum absolute atomic E-state index is 0.432. The molecule has 1 aromatic carbocycles. The number of nitrogens with one attached hydrogen (secondary N) is 2. The summed E-state index contributed by atoms with van der Waals surface area (Å²) < 4.78 is 32.1. The maximum atomic E-state index is 11.6.